The van der Waals surface area contributed by atoms with E-state index in [0.29, 0.717) is 5.69 Å². The topological polar surface area (TPSA) is 30.0 Å². The zero-order valence-electron chi connectivity index (χ0n) is 9.04. The van der Waals surface area contributed by atoms with Gasteiger partial charge in [0, 0.05) is 10.9 Å². The Balaban J connectivity index is 2.17. The third-order valence-electron chi connectivity index (χ3n) is 2.25. The quantitative estimate of drug-likeness (QED) is 0.786. The SMILES string of the molecule is Cc1nc(CC(=O)c2ccc(F)c(F)c2)cs1. The third-order valence-corrected chi connectivity index (χ3v) is 3.07. The second-order valence-corrected chi connectivity index (χ2v) is 4.65. The van der Waals surface area contributed by atoms with Gasteiger partial charge in [-0.05, 0) is 25.1 Å². The Morgan fingerprint density at radius 3 is 2.71 bits per heavy atom. The fraction of sp³-hybridized carbons (Fsp3) is 0.167. The molecule has 0 aliphatic heterocycles. The van der Waals surface area contributed by atoms with E-state index < -0.39 is 11.6 Å². The molecule has 1 aromatic carbocycles. The van der Waals surface area contributed by atoms with Crippen LogP contribution in [0.15, 0.2) is 23.6 Å². The molecule has 0 bridgehead atoms. The summed E-state index contributed by atoms with van der Waals surface area (Å²) in [5, 5.41) is 2.66. The van der Waals surface area contributed by atoms with Crippen LogP contribution in [0.3, 0.4) is 0 Å². The smallest absolute Gasteiger partial charge is 0.168 e. The fourth-order valence-corrected chi connectivity index (χ4v) is 2.04. The van der Waals surface area contributed by atoms with Crippen molar-refractivity contribution in [3.63, 3.8) is 0 Å². The maximum absolute atomic E-state index is 12.9. The Kier molecular flexibility index (Phi) is 3.28. The molecule has 0 spiro atoms. The van der Waals surface area contributed by atoms with Gasteiger partial charge >= 0.3 is 0 Å². The molecule has 0 aliphatic rings. The molecular weight excluding hydrogens is 244 g/mol. The third kappa shape index (κ3) is 2.74. The Hall–Kier alpha value is -1.62. The van der Waals surface area contributed by atoms with Crippen molar-refractivity contribution < 1.29 is 13.6 Å². The summed E-state index contributed by atoms with van der Waals surface area (Å²) in [7, 11) is 0. The molecule has 88 valence electrons. The van der Waals surface area contributed by atoms with E-state index in [1.165, 1.54) is 17.4 Å². The van der Waals surface area contributed by atoms with Crippen molar-refractivity contribution >= 4 is 17.1 Å². The van der Waals surface area contributed by atoms with Crippen molar-refractivity contribution in [3.05, 3.63) is 51.5 Å². The number of Topliss-reactive ketones (excluding diaryl/α,β-unsaturated/α-hetero) is 1. The number of carbonyl (C=O) groups is 1. The molecule has 1 aromatic heterocycles. The van der Waals surface area contributed by atoms with Gasteiger partial charge in [-0.25, -0.2) is 13.8 Å². The van der Waals surface area contributed by atoms with Gasteiger partial charge in [-0.15, -0.1) is 11.3 Å². The Morgan fingerprint density at radius 1 is 1.35 bits per heavy atom. The molecule has 0 N–H and O–H groups in total. The summed E-state index contributed by atoms with van der Waals surface area (Å²) in [4.78, 5) is 15.9. The second kappa shape index (κ2) is 4.71. The van der Waals surface area contributed by atoms with Crippen LogP contribution in [0.4, 0.5) is 8.78 Å². The summed E-state index contributed by atoms with van der Waals surface area (Å²) >= 11 is 1.45. The van der Waals surface area contributed by atoms with Gasteiger partial charge < -0.3 is 0 Å². The average Bonchev–Trinajstić information content (AvgIpc) is 2.68. The van der Waals surface area contributed by atoms with E-state index in [2.05, 4.69) is 4.98 Å². The van der Waals surface area contributed by atoms with Crippen molar-refractivity contribution in [1.82, 2.24) is 4.98 Å². The zero-order chi connectivity index (χ0) is 12.4. The van der Waals surface area contributed by atoms with Crippen molar-refractivity contribution in [1.29, 1.82) is 0 Å². The summed E-state index contributed by atoms with van der Waals surface area (Å²) in [6, 6.07) is 3.14. The number of benzene rings is 1. The molecule has 2 rings (SSSR count). The first-order chi connectivity index (χ1) is 8.06. The molecule has 0 unspecified atom stereocenters. The Morgan fingerprint density at radius 2 is 2.12 bits per heavy atom. The van der Waals surface area contributed by atoms with E-state index in [9.17, 15) is 13.6 Å². The molecule has 5 heteroatoms. The highest BCUT2D eigenvalue weighted by molar-refractivity contribution is 7.09. The van der Waals surface area contributed by atoms with Crippen molar-refractivity contribution in [2.45, 2.75) is 13.3 Å². The molecule has 0 fully saturated rings. The van der Waals surface area contributed by atoms with Gasteiger partial charge in [0.25, 0.3) is 0 Å². The van der Waals surface area contributed by atoms with Crippen LogP contribution in [0.25, 0.3) is 0 Å². The molecule has 0 amide bonds. The number of aromatic nitrogens is 1. The van der Waals surface area contributed by atoms with Gasteiger partial charge in [0.2, 0.25) is 0 Å². The lowest BCUT2D eigenvalue weighted by molar-refractivity contribution is 0.0991. The highest BCUT2D eigenvalue weighted by Crippen LogP contribution is 2.13. The highest BCUT2D eigenvalue weighted by atomic mass is 32.1. The van der Waals surface area contributed by atoms with Gasteiger partial charge in [-0.3, -0.25) is 4.79 Å². The van der Waals surface area contributed by atoms with E-state index in [-0.39, 0.29) is 17.8 Å². The maximum Gasteiger partial charge on any atom is 0.168 e. The van der Waals surface area contributed by atoms with Crippen molar-refractivity contribution in [2.24, 2.45) is 0 Å². The highest BCUT2D eigenvalue weighted by Gasteiger charge is 2.11. The number of thiazole rings is 1. The average molecular weight is 253 g/mol. The number of halogens is 2. The summed E-state index contributed by atoms with van der Waals surface area (Å²) in [6.07, 6.45) is 0.107. The van der Waals surface area contributed by atoms with Crippen LogP contribution in [0.2, 0.25) is 0 Å². The van der Waals surface area contributed by atoms with Crippen LogP contribution >= 0.6 is 11.3 Å². The summed E-state index contributed by atoms with van der Waals surface area (Å²) in [5.41, 5.74) is 0.816. The van der Waals surface area contributed by atoms with Gasteiger partial charge in [0.15, 0.2) is 17.4 Å². The standard InChI is InChI=1S/C12H9F2NOS/c1-7-15-9(6-17-7)5-12(16)8-2-3-10(13)11(14)4-8/h2-4,6H,5H2,1H3. The van der Waals surface area contributed by atoms with Gasteiger partial charge in [0.05, 0.1) is 17.1 Å². The van der Waals surface area contributed by atoms with Crippen LogP contribution in [-0.2, 0) is 6.42 Å². The van der Waals surface area contributed by atoms with Crippen LogP contribution < -0.4 is 0 Å². The maximum atomic E-state index is 12.9. The number of aryl methyl sites for hydroxylation is 1. The largest absolute Gasteiger partial charge is 0.294 e. The molecule has 0 saturated heterocycles. The monoisotopic (exact) mass is 253 g/mol. The van der Waals surface area contributed by atoms with Crippen molar-refractivity contribution in [2.75, 3.05) is 0 Å². The molecule has 1 heterocycles. The summed E-state index contributed by atoms with van der Waals surface area (Å²) < 4.78 is 25.6. The lowest BCUT2D eigenvalue weighted by Crippen LogP contribution is -2.05. The lowest BCUT2D eigenvalue weighted by Gasteiger charge is -1.99. The molecule has 2 nitrogen and oxygen atoms in total. The van der Waals surface area contributed by atoms with Gasteiger partial charge in [-0.2, -0.15) is 0 Å². The number of hydrogen-bond acceptors (Lipinski definition) is 3. The predicted molar refractivity (Wildman–Crippen MR) is 61.2 cm³/mol. The predicted octanol–water partition coefficient (Wildman–Crippen LogP) is 3.16. The van der Waals surface area contributed by atoms with E-state index in [1.807, 2.05) is 6.92 Å². The summed E-state index contributed by atoms with van der Waals surface area (Å²) in [5.74, 6) is -2.23. The molecule has 0 radical (unpaired) electrons. The lowest BCUT2D eigenvalue weighted by atomic mass is 10.1. The zero-order valence-corrected chi connectivity index (χ0v) is 9.85. The number of carbonyl (C=O) groups excluding carboxylic acids is 1. The second-order valence-electron chi connectivity index (χ2n) is 3.59. The number of ketones is 1. The normalized spacial score (nSPS) is 10.5. The molecule has 0 atom stereocenters. The van der Waals surface area contributed by atoms with E-state index >= 15 is 0 Å². The first-order valence-corrected chi connectivity index (χ1v) is 5.83. The first kappa shape index (κ1) is 11.9. The molecule has 0 aliphatic carbocycles. The molecule has 0 saturated carbocycles. The van der Waals surface area contributed by atoms with Crippen molar-refractivity contribution in [3.8, 4) is 0 Å². The minimum Gasteiger partial charge on any atom is -0.294 e. The summed E-state index contributed by atoms with van der Waals surface area (Å²) in [6.45, 7) is 1.84. The van der Waals surface area contributed by atoms with E-state index in [4.69, 9.17) is 0 Å². The van der Waals surface area contributed by atoms with Crippen LogP contribution in [0.5, 0.6) is 0 Å². The molecule has 2 aromatic rings. The van der Waals surface area contributed by atoms with Crippen LogP contribution in [0, 0.1) is 18.6 Å². The molecule has 17 heavy (non-hydrogen) atoms. The minimum atomic E-state index is -1.01. The van der Waals surface area contributed by atoms with E-state index in [0.717, 1.165) is 17.1 Å². The Bertz CT molecular complexity index is 565. The van der Waals surface area contributed by atoms with E-state index in [1.54, 1.807) is 5.38 Å². The molecular formula is C12H9F2NOS. The number of hydrogen-bond donors (Lipinski definition) is 0. The number of nitrogens with zero attached hydrogens (tertiary/aromatic N) is 1. The fourth-order valence-electron chi connectivity index (χ4n) is 1.43. The number of rotatable bonds is 3. The van der Waals surface area contributed by atoms with Gasteiger partial charge in [-0.1, -0.05) is 0 Å². The Labute approximate surface area is 101 Å². The van der Waals surface area contributed by atoms with Gasteiger partial charge in [0.1, 0.15) is 0 Å². The van der Waals surface area contributed by atoms with Crippen LogP contribution in [-0.4, -0.2) is 10.8 Å². The van der Waals surface area contributed by atoms with Crippen LogP contribution in [0.1, 0.15) is 21.1 Å². The first-order valence-electron chi connectivity index (χ1n) is 4.95. The minimum absolute atomic E-state index is 0.107.